The van der Waals surface area contributed by atoms with Crippen LogP contribution < -0.4 is 0 Å². The molecule has 120 valence electrons. The van der Waals surface area contributed by atoms with Crippen molar-refractivity contribution in [1.82, 2.24) is 14.4 Å². The topological polar surface area (TPSA) is 66.7 Å². The van der Waals surface area contributed by atoms with Gasteiger partial charge in [0.1, 0.15) is 11.4 Å². The van der Waals surface area contributed by atoms with Crippen molar-refractivity contribution >= 4 is 21.0 Å². The van der Waals surface area contributed by atoms with Gasteiger partial charge in [0.15, 0.2) is 5.58 Å². The van der Waals surface area contributed by atoms with Crippen LogP contribution in [0.15, 0.2) is 28.8 Å². The second-order valence-electron chi connectivity index (χ2n) is 5.75. The van der Waals surface area contributed by atoms with Gasteiger partial charge in [0.2, 0.25) is 10.0 Å². The molecule has 0 saturated carbocycles. The first-order valence-electron chi connectivity index (χ1n) is 7.56. The molecule has 1 aromatic carbocycles. The molecule has 0 unspecified atom stereocenters. The SMILES string of the molecule is CN(CCN1CCCC1)S(=O)(=O)Cc1noc2ccccc12. The van der Waals surface area contributed by atoms with Crippen molar-refractivity contribution in [1.29, 1.82) is 0 Å². The van der Waals surface area contributed by atoms with E-state index in [-0.39, 0.29) is 5.75 Å². The van der Waals surface area contributed by atoms with Gasteiger partial charge in [0.25, 0.3) is 0 Å². The van der Waals surface area contributed by atoms with Crippen molar-refractivity contribution in [2.45, 2.75) is 18.6 Å². The van der Waals surface area contributed by atoms with Gasteiger partial charge in [-0.1, -0.05) is 17.3 Å². The molecule has 0 aliphatic carbocycles. The summed E-state index contributed by atoms with van der Waals surface area (Å²) in [5.74, 6) is -0.124. The Morgan fingerprint density at radius 2 is 2.00 bits per heavy atom. The van der Waals surface area contributed by atoms with E-state index in [1.165, 1.54) is 17.1 Å². The highest BCUT2D eigenvalue weighted by molar-refractivity contribution is 7.88. The number of likely N-dealkylation sites (tertiary alicyclic amines) is 1. The smallest absolute Gasteiger partial charge is 0.219 e. The maximum Gasteiger partial charge on any atom is 0.219 e. The number of para-hydroxylation sites is 1. The molecule has 1 aromatic heterocycles. The van der Waals surface area contributed by atoms with Gasteiger partial charge in [-0.2, -0.15) is 0 Å². The van der Waals surface area contributed by atoms with Crippen LogP contribution in [0.25, 0.3) is 11.0 Å². The number of aromatic nitrogens is 1. The van der Waals surface area contributed by atoms with Crippen LogP contribution in [0.5, 0.6) is 0 Å². The van der Waals surface area contributed by atoms with E-state index in [2.05, 4.69) is 10.1 Å². The van der Waals surface area contributed by atoms with E-state index in [4.69, 9.17) is 4.52 Å². The quantitative estimate of drug-likeness (QED) is 0.809. The zero-order valence-corrected chi connectivity index (χ0v) is 13.6. The molecule has 2 heterocycles. The Kier molecular flexibility index (Phi) is 4.46. The molecule has 0 amide bonds. The van der Waals surface area contributed by atoms with Gasteiger partial charge < -0.3 is 9.42 Å². The zero-order chi connectivity index (χ0) is 15.6. The van der Waals surface area contributed by atoms with Gasteiger partial charge in [-0.05, 0) is 38.1 Å². The predicted molar refractivity (Wildman–Crippen MR) is 84.9 cm³/mol. The second kappa shape index (κ2) is 6.36. The van der Waals surface area contributed by atoms with Crippen molar-refractivity contribution in [2.75, 3.05) is 33.2 Å². The zero-order valence-electron chi connectivity index (χ0n) is 12.7. The molecular weight excluding hydrogens is 302 g/mol. The summed E-state index contributed by atoms with van der Waals surface area (Å²) in [4.78, 5) is 2.30. The highest BCUT2D eigenvalue weighted by Gasteiger charge is 2.23. The average molecular weight is 323 g/mol. The molecule has 22 heavy (non-hydrogen) atoms. The third-order valence-electron chi connectivity index (χ3n) is 4.18. The first-order valence-corrected chi connectivity index (χ1v) is 9.17. The number of hydrogen-bond donors (Lipinski definition) is 0. The van der Waals surface area contributed by atoms with E-state index >= 15 is 0 Å². The number of rotatable bonds is 6. The Labute approximate surface area is 130 Å². The minimum Gasteiger partial charge on any atom is -0.356 e. The van der Waals surface area contributed by atoms with E-state index in [0.717, 1.165) is 25.0 Å². The van der Waals surface area contributed by atoms with Gasteiger partial charge in [0.05, 0.1) is 0 Å². The molecule has 3 rings (SSSR count). The third kappa shape index (κ3) is 3.31. The molecule has 6 nitrogen and oxygen atoms in total. The van der Waals surface area contributed by atoms with Gasteiger partial charge in [-0.25, -0.2) is 12.7 Å². The summed E-state index contributed by atoms with van der Waals surface area (Å²) in [6.07, 6.45) is 2.42. The van der Waals surface area contributed by atoms with Crippen LogP contribution in [0.1, 0.15) is 18.5 Å². The van der Waals surface area contributed by atoms with Crippen LogP contribution in [-0.4, -0.2) is 56.0 Å². The fraction of sp³-hybridized carbons (Fsp3) is 0.533. The fourth-order valence-corrected chi connectivity index (χ4v) is 3.89. The second-order valence-corrected chi connectivity index (χ2v) is 7.83. The van der Waals surface area contributed by atoms with Crippen molar-refractivity contribution < 1.29 is 12.9 Å². The van der Waals surface area contributed by atoms with Gasteiger partial charge >= 0.3 is 0 Å². The summed E-state index contributed by atoms with van der Waals surface area (Å²) in [6, 6.07) is 7.32. The van der Waals surface area contributed by atoms with Crippen molar-refractivity contribution in [3.63, 3.8) is 0 Å². The Bertz CT molecular complexity index is 735. The fourth-order valence-electron chi connectivity index (χ4n) is 2.75. The van der Waals surface area contributed by atoms with Crippen LogP contribution in [0.2, 0.25) is 0 Å². The number of nitrogens with zero attached hydrogens (tertiary/aromatic N) is 3. The summed E-state index contributed by atoms with van der Waals surface area (Å²) < 4.78 is 31.5. The molecule has 7 heteroatoms. The van der Waals surface area contributed by atoms with E-state index < -0.39 is 10.0 Å². The number of likely N-dealkylation sites (N-methyl/N-ethyl adjacent to an activating group) is 1. The van der Waals surface area contributed by atoms with Crippen LogP contribution in [0.4, 0.5) is 0 Å². The van der Waals surface area contributed by atoms with Crippen LogP contribution in [0, 0.1) is 0 Å². The van der Waals surface area contributed by atoms with Gasteiger partial charge in [0, 0.05) is 25.5 Å². The van der Waals surface area contributed by atoms with Gasteiger partial charge in [-0.3, -0.25) is 0 Å². The first kappa shape index (κ1) is 15.5. The molecule has 1 aliphatic heterocycles. The molecule has 1 saturated heterocycles. The van der Waals surface area contributed by atoms with Crippen molar-refractivity contribution in [3.05, 3.63) is 30.0 Å². The Balaban J connectivity index is 1.67. The van der Waals surface area contributed by atoms with Crippen molar-refractivity contribution in [3.8, 4) is 0 Å². The Morgan fingerprint density at radius 1 is 1.27 bits per heavy atom. The number of hydrogen-bond acceptors (Lipinski definition) is 5. The molecule has 0 N–H and O–H groups in total. The summed E-state index contributed by atoms with van der Waals surface area (Å²) in [6.45, 7) is 3.44. The summed E-state index contributed by atoms with van der Waals surface area (Å²) in [5, 5.41) is 4.67. The maximum atomic E-state index is 12.5. The normalized spacial score (nSPS) is 16.8. The van der Waals surface area contributed by atoms with Crippen LogP contribution in [-0.2, 0) is 15.8 Å². The predicted octanol–water partition coefficient (Wildman–Crippen LogP) is 1.69. The number of fused-ring (bicyclic) bond motifs is 1. The lowest BCUT2D eigenvalue weighted by Crippen LogP contribution is -2.35. The van der Waals surface area contributed by atoms with E-state index in [1.807, 2.05) is 18.2 Å². The van der Waals surface area contributed by atoms with E-state index in [1.54, 1.807) is 13.1 Å². The first-order chi connectivity index (χ1) is 10.6. The summed E-state index contributed by atoms with van der Waals surface area (Å²) in [7, 11) is -1.75. The lowest BCUT2D eigenvalue weighted by atomic mass is 10.2. The summed E-state index contributed by atoms with van der Waals surface area (Å²) >= 11 is 0. The molecular formula is C15H21N3O3S. The standard InChI is InChI=1S/C15H21N3O3S/c1-17(10-11-18-8-4-5-9-18)22(19,20)12-14-13-6-2-3-7-15(13)21-16-14/h2-3,6-7H,4-5,8-12H2,1H3. The van der Waals surface area contributed by atoms with Crippen molar-refractivity contribution in [2.24, 2.45) is 0 Å². The lowest BCUT2D eigenvalue weighted by Gasteiger charge is -2.20. The minimum atomic E-state index is -3.38. The molecule has 0 atom stereocenters. The van der Waals surface area contributed by atoms with Gasteiger partial charge in [-0.15, -0.1) is 0 Å². The third-order valence-corrected chi connectivity index (χ3v) is 5.95. The van der Waals surface area contributed by atoms with Crippen LogP contribution >= 0.6 is 0 Å². The van der Waals surface area contributed by atoms with E-state index in [0.29, 0.717) is 17.8 Å². The molecule has 1 fully saturated rings. The molecule has 0 radical (unpaired) electrons. The molecule has 1 aliphatic rings. The highest BCUT2D eigenvalue weighted by Crippen LogP contribution is 2.20. The number of sulfonamides is 1. The van der Waals surface area contributed by atoms with E-state index in [9.17, 15) is 8.42 Å². The molecule has 0 bridgehead atoms. The van der Waals surface area contributed by atoms with Crippen LogP contribution in [0.3, 0.4) is 0 Å². The lowest BCUT2D eigenvalue weighted by molar-refractivity contribution is 0.309. The Hall–Kier alpha value is -1.44. The average Bonchev–Trinajstić information content (AvgIpc) is 3.15. The Morgan fingerprint density at radius 3 is 2.77 bits per heavy atom. The minimum absolute atomic E-state index is 0.124. The maximum absolute atomic E-state index is 12.5. The monoisotopic (exact) mass is 323 g/mol. The highest BCUT2D eigenvalue weighted by atomic mass is 32.2. The number of benzene rings is 1. The summed E-state index contributed by atoms with van der Waals surface area (Å²) in [5.41, 5.74) is 1.09. The molecule has 0 spiro atoms. The largest absolute Gasteiger partial charge is 0.356 e. The molecule has 2 aromatic rings.